The molecule has 0 saturated carbocycles. The van der Waals surface area contributed by atoms with Crippen LogP contribution in [0.5, 0.6) is 5.75 Å². The Morgan fingerprint density at radius 3 is 2.37 bits per heavy atom. The van der Waals surface area contributed by atoms with Crippen LogP contribution in [-0.4, -0.2) is 25.5 Å². The largest absolute Gasteiger partial charge is 0.491 e. The lowest BCUT2D eigenvalue weighted by molar-refractivity contribution is 0.337. The monoisotopic (exact) mass is 412 g/mol. The highest BCUT2D eigenvalue weighted by molar-refractivity contribution is 9.10. The van der Waals surface area contributed by atoms with Crippen molar-refractivity contribution >= 4 is 41.7 Å². The first-order chi connectivity index (χ1) is 8.67. The maximum absolute atomic E-state index is 11.9. The molecule has 0 heterocycles. The summed E-state index contributed by atoms with van der Waals surface area (Å²) in [4.78, 5) is 0. The highest BCUT2D eigenvalue weighted by Crippen LogP contribution is 2.27. The van der Waals surface area contributed by atoms with Gasteiger partial charge in [0.1, 0.15) is 12.4 Å². The van der Waals surface area contributed by atoms with Gasteiger partial charge in [0.2, 0.25) is 0 Å². The van der Waals surface area contributed by atoms with Gasteiger partial charge in [-0.2, -0.15) is 0 Å². The zero-order valence-corrected chi connectivity index (χ0v) is 15.2. The number of hydrogen-bond acceptors (Lipinski definition) is 3. The van der Waals surface area contributed by atoms with Crippen molar-refractivity contribution in [2.45, 2.75) is 30.8 Å². The lowest BCUT2D eigenvalue weighted by Gasteiger charge is -2.19. The molecule has 0 radical (unpaired) electrons. The molecule has 6 heteroatoms. The smallest absolute Gasteiger partial charge is 0.158 e. The van der Waals surface area contributed by atoms with E-state index in [2.05, 4.69) is 31.9 Å². The molecule has 0 spiro atoms. The van der Waals surface area contributed by atoms with Crippen LogP contribution in [0.4, 0.5) is 0 Å². The third-order valence-electron chi connectivity index (χ3n) is 2.69. The molecule has 0 saturated heterocycles. The molecule has 0 aliphatic heterocycles. The molecule has 0 aliphatic rings. The van der Waals surface area contributed by atoms with Crippen molar-refractivity contribution in [1.82, 2.24) is 0 Å². The Labute approximate surface area is 131 Å². The van der Waals surface area contributed by atoms with Gasteiger partial charge in [-0.1, -0.05) is 22.0 Å². The first kappa shape index (κ1) is 17.0. The second kappa shape index (κ2) is 6.59. The second-order valence-electron chi connectivity index (χ2n) is 5.18. The van der Waals surface area contributed by atoms with Gasteiger partial charge < -0.3 is 4.74 Å². The first-order valence-electron chi connectivity index (χ1n) is 5.87. The van der Waals surface area contributed by atoms with E-state index in [1.807, 2.05) is 18.2 Å². The van der Waals surface area contributed by atoms with Crippen molar-refractivity contribution in [2.75, 3.05) is 12.4 Å². The predicted molar refractivity (Wildman–Crippen MR) is 85.8 cm³/mol. The molecule has 3 nitrogen and oxygen atoms in total. The van der Waals surface area contributed by atoms with Crippen LogP contribution in [0.25, 0.3) is 0 Å². The summed E-state index contributed by atoms with van der Waals surface area (Å²) in [5.41, 5.74) is 1.13. The number of benzene rings is 1. The highest BCUT2D eigenvalue weighted by Gasteiger charge is 2.28. The SMILES string of the molecule is CC(C)(C)S(=O)(=O)CCOc1ccc(CBr)cc1Br. The van der Waals surface area contributed by atoms with Gasteiger partial charge in [0.25, 0.3) is 0 Å². The molecule has 1 rings (SSSR count). The molecule has 0 bridgehead atoms. The van der Waals surface area contributed by atoms with E-state index >= 15 is 0 Å². The van der Waals surface area contributed by atoms with E-state index in [1.54, 1.807) is 20.8 Å². The van der Waals surface area contributed by atoms with Crippen LogP contribution in [-0.2, 0) is 15.2 Å². The maximum Gasteiger partial charge on any atom is 0.158 e. The predicted octanol–water partition coefficient (Wildman–Crippen LogP) is 3.94. The van der Waals surface area contributed by atoms with Crippen molar-refractivity contribution in [3.8, 4) is 5.75 Å². The zero-order chi connectivity index (χ0) is 14.7. The molecule has 0 N–H and O–H groups in total. The van der Waals surface area contributed by atoms with Crippen LogP contribution >= 0.6 is 31.9 Å². The summed E-state index contributed by atoms with van der Waals surface area (Å²) in [7, 11) is -3.14. The van der Waals surface area contributed by atoms with Crippen LogP contribution in [0.1, 0.15) is 26.3 Å². The van der Waals surface area contributed by atoms with Crippen molar-refractivity contribution in [3.63, 3.8) is 0 Å². The summed E-state index contributed by atoms with van der Waals surface area (Å²) in [6.07, 6.45) is 0. The Morgan fingerprint density at radius 1 is 1.26 bits per heavy atom. The Bertz CT molecular complexity index is 533. The van der Waals surface area contributed by atoms with E-state index in [1.165, 1.54) is 0 Å². The lowest BCUT2D eigenvalue weighted by atomic mass is 10.2. The number of hydrogen-bond donors (Lipinski definition) is 0. The van der Waals surface area contributed by atoms with Crippen LogP contribution in [0.3, 0.4) is 0 Å². The highest BCUT2D eigenvalue weighted by atomic mass is 79.9. The summed E-state index contributed by atoms with van der Waals surface area (Å²) in [5.74, 6) is 0.678. The van der Waals surface area contributed by atoms with Crippen LogP contribution in [0.15, 0.2) is 22.7 Å². The van der Waals surface area contributed by atoms with Crippen LogP contribution in [0, 0.1) is 0 Å². The second-order valence-corrected chi connectivity index (χ2v) is 9.46. The normalized spacial score (nSPS) is 12.5. The molecule has 0 fully saturated rings. The van der Waals surface area contributed by atoms with Gasteiger partial charge in [0, 0.05) is 5.33 Å². The van der Waals surface area contributed by atoms with E-state index < -0.39 is 14.6 Å². The maximum atomic E-state index is 11.9. The number of sulfone groups is 1. The van der Waals surface area contributed by atoms with E-state index in [0.717, 1.165) is 15.4 Å². The Kier molecular flexibility index (Phi) is 5.89. The van der Waals surface area contributed by atoms with Crippen molar-refractivity contribution < 1.29 is 13.2 Å². The first-order valence-corrected chi connectivity index (χ1v) is 9.43. The zero-order valence-electron chi connectivity index (χ0n) is 11.2. The van der Waals surface area contributed by atoms with E-state index in [4.69, 9.17) is 4.74 Å². The summed E-state index contributed by atoms with van der Waals surface area (Å²) in [5, 5.41) is 0.768. The van der Waals surface area contributed by atoms with Gasteiger partial charge >= 0.3 is 0 Å². The van der Waals surface area contributed by atoms with E-state index in [-0.39, 0.29) is 12.4 Å². The fraction of sp³-hybridized carbons (Fsp3) is 0.538. The van der Waals surface area contributed by atoms with Crippen molar-refractivity contribution in [3.05, 3.63) is 28.2 Å². The fourth-order valence-electron chi connectivity index (χ4n) is 1.31. The molecule has 0 unspecified atom stereocenters. The quantitative estimate of drug-likeness (QED) is 0.686. The van der Waals surface area contributed by atoms with Crippen molar-refractivity contribution in [2.24, 2.45) is 0 Å². The molecule has 108 valence electrons. The molecular weight excluding hydrogens is 396 g/mol. The lowest BCUT2D eigenvalue weighted by Crippen LogP contribution is -2.32. The van der Waals surface area contributed by atoms with Gasteiger partial charge in [0.15, 0.2) is 9.84 Å². The molecular formula is C13H18Br2O3S. The standard InChI is InChI=1S/C13H18Br2O3S/c1-13(2,3)19(16,17)7-6-18-12-5-4-10(9-14)8-11(12)15/h4-5,8H,6-7,9H2,1-3H3. The van der Waals surface area contributed by atoms with Crippen LogP contribution < -0.4 is 4.74 Å². The molecule has 19 heavy (non-hydrogen) atoms. The fourth-order valence-corrected chi connectivity index (χ4v) is 3.12. The minimum atomic E-state index is -3.14. The average molecular weight is 414 g/mol. The Morgan fingerprint density at radius 2 is 1.89 bits per heavy atom. The summed E-state index contributed by atoms with van der Waals surface area (Å²) < 4.78 is 29.5. The minimum absolute atomic E-state index is 0.0170. The van der Waals surface area contributed by atoms with Gasteiger partial charge in [-0.3, -0.25) is 0 Å². The van der Waals surface area contributed by atoms with Crippen LogP contribution in [0.2, 0.25) is 0 Å². The third kappa shape index (κ3) is 4.76. The molecule has 1 aromatic rings. The van der Waals surface area contributed by atoms with E-state index in [0.29, 0.717) is 5.75 Å². The number of rotatable bonds is 5. The molecule has 0 atom stereocenters. The minimum Gasteiger partial charge on any atom is -0.491 e. The molecule has 0 aromatic heterocycles. The van der Waals surface area contributed by atoms with Crippen molar-refractivity contribution in [1.29, 1.82) is 0 Å². The summed E-state index contributed by atoms with van der Waals surface area (Å²) in [6, 6.07) is 5.72. The molecule has 1 aromatic carbocycles. The molecule has 0 amide bonds. The number of halogens is 2. The topological polar surface area (TPSA) is 43.4 Å². The third-order valence-corrected chi connectivity index (χ3v) is 6.53. The summed E-state index contributed by atoms with van der Waals surface area (Å²) >= 11 is 6.79. The van der Waals surface area contributed by atoms with Gasteiger partial charge in [0.05, 0.1) is 15.0 Å². The van der Waals surface area contributed by atoms with Gasteiger partial charge in [-0.05, 0) is 54.4 Å². The molecule has 0 aliphatic carbocycles. The number of ether oxygens (including phenoxy) is 1. The summed E-state index contributed by atoms with van der Waals surface area (Å²) in [6.45, 7) is 5.25. The Hall–Kier alpha value is -0.0700. The van der Waals surface area contributed by atoms with E-state index in [9.17, 15) is 8.42 Å². The van der Waals surface area contributed by atoms with Gasteiger partial charge in [-0.15, -0.1) is 0 Å². The Balaban J connectivity index is 2.64. The number of alkyl halides is 1. The van der Waals surface area contributed by atoms with Gasteiger partial charge in [-0.25, -0.2) is 8.42 Å². The average Bonchev–Trinajstić information content (AvgIpc) is 2.29.